The lowest BCUT2D eigenvalue weighted by Gasteiger charge is -2.12. The number of methoxy groups -OCH3 is 1. The van der Waals surface area contributed by atoms with Gasteiger partial charge in [-0.2, -0.15) is 0 Å². The van der Waals surface area contributed by atoms with Crippen LogP contribution in [0.25, 0.3) is 6.08 Å². The van der Waals surface area contributed by atoms with Crippen molar-refractivity contribution in [3.8, 4) is 11.5 Å². The van der Waals surface area contributed by atoms with Crippen LogP contribution in [-0.4, -0.2) is 23.9 Å². The van der Waals surface area contributed by atoms with Gasteiger partial charge in [0, 0.05) is 15.6 Å². The van der Waals surface area contributed by atoms with Crippen LogP contribution in [0.15, 0.2) is 72.4 Å². The summed E-state index contributed by atoms with van der Waals surface area (Å²) in [6, 6.07) is 19.3. The molecule has 1 N–H and O–H groups in total. The van der Waals surface area contributed by atoms with Crippen molar-refractivity contribution in [2.24, 2.45) is 0 Å². The first-order valence-corrected chi connectivity index (χ1v) is 10.8. The number of urea groups is 1. The first kappa shape index (κ1) is 22.7. The lowest BCUT2D eigenvalue weighted by atomic mass is 10.1. The molecule has 0 unspecified atom stereocenters. The highest BCUT2D eigenvalue weighted by molar-refractivity contribution is 6.35. The van der Waals surface area contributed by atoms with Crippen LogP contribution < -0.4 is 14.8 Å². The fraction of sp³-hybridized carbons (Fsp3) is 0.120. The Hall–Kier alpha value is -3.48. The molecule has 0 aromatic heterocycles. The molecule has 3 aromatic rings. The van der Waals surface area contributed by atoms with Gasteiger partial charge in [-0.3, -0.25) is 9.69 Å². The molecule has 6 nitrogen and oxygen atoms in total. The predicted octanol–water partition coefficient (Wildman–Crippen LogP) is 5.67. The summed E-state index contributed by atoms with van der Waals surface area (Å²) in [5, 5.41) is 3.70. The Bertz CT molecular complexity index is 1230. The average molecular weight is 483 g/mol. The van der Waals surface area contributed by atoms with E-state index in [1.54, 1.807) is 42.5 Å². The smallest absolute Gasteiger partial charge is 0.329 e. The van der Waals surface area contributed by atoms with E-state index >= 15 is 0 Å². The van der Waals surface area contributed by atoms with Crippen molar-refractivity contribution in [1.29, 1.82) is 0 Å². The second-order valence-corrected chi connectivity index (χ2v) is 8.14. The average Bonchev–Trinajstić information content (AvgIpc) is 3.07. The number of amides is 3. The number of benzene rings is 3. The third kappa shape index (κ3) is 5.30. The van der Waals surface area contributed by atoms with E-state index in [9.17, 15) is 9.59 Å². The minimum absolute atomic E-state index is 0.194. The van der Waals surface area contributed by atoms with Crippen molar-refractivity contribution >= 4 is 41.2 Å². The highest BCUT2D eigenvalue weighted by atomic mass is 35.5. The third-order valence-corrected chi connectivity index (χ3v) is 5.63. The second kappa shape index (κ2) is 9.98. The summed E-state index contributed by atoms with van der Waals surface area (Å²) in [5.41, 5.74) is 2.52. The van der Waals surface area contributed by atoms with Crippen molar-refractivity contribution in [3.63, 3.8) is 0 Å². The molecule has 0 atom stereocenters. The Labute approximate surface area is 201 Å². The summed E-state index contributed by atoms with van der Waals surface area (Å²) in [7, 11) is 1.53. The van der Waals surface area contributed by atoms with Gasteiger partial charge >= 0.3 is 6.03 Å². The van der Waals surface area contributed by atoms with Gasteiger partial charge in [-0.15, -0.1) is 0 Å². The maximum atomic E-state index is 12.8. The van der Waals surface area contributed by atoms with Crippen molar-refractivity contribution in [2.45, 2.75) is 13.2 Å². The highest BCUT2D eigenvalue weighted by Gasteiger charge is 2.33. The van der Waals surface area contributed by atoms with Gasteiger partial charge in [0.1, 0.15) is 12.3 Å². The molecule has 1 saturated heterocycles. The summed E-state index contributed by atoms with van der Waals surface area (Å²) >= 11 is 12.1. The van der Waals surface area contributed by atoms with Crippen LogP contribution >= 0.6 is 23.2 Å². The van der Waals surface area contributed by atoms with Gasteiger partial charge in [-0.25, -0.2) is 4.79 Å². The summed E-state index contributed by atoms with van der Waals surface area (Å²) < 4.78 is 11.3. The lowest BCUT2D eigenvalue weighted by Crippen LogP contribution is -2.30. The first-order chi connectivity index (χ1) is 15.9. The zero-order valence-corrected chi connectivity index (χ0v) is 19.2. The number of hydrogen-bond donors (Lipinski definition) is 1. The minimum Gasteiger partial charge on any atom is -0.493 e. The third-order valence-electron chi connectivity index (χ3n) is 5.04. The van der Waals surface area contributed by atoms with Crippen LogP contribution in [0.5, 0.6) is 11.5 Å². The van der Waals surface area contributed by atoms with E-state index in [4.69, 9.17) is 32.7 Å². The topological polar surface area (TPSA) is 67.9 Å². The number of carbonyl (C=O) groups excluding carboxylic acids is 2. The van der Waals surface area contributed by atoms with Gasteiger partial charge < -0.3 is 14.8 Å². The molecule has 0 saturated carbocycles. The number of halogens is 2. The quantitative estimate of drug-likeness (QED) is 0.347. The van der Waals surface area contributed by atoms with Crippen LogP contribution in [0, 0.1) is 0 Å². The Morgan fingerprint density at radius 2 is 1.76 bits per heavy atom. The molecule has 0 aliphatic carbocycles. The number of imide groups is 1. The fourth-order valence-corrected chi connectivity index (χ4v) is 3.80. The molecule has 168 valence electrons. The predicted molar refractivity (Wildman–Crippen MR) is 127 cm³/mol. The molecule has 0 bridgehead atoms. The summed E-state index contributed by atoms with van der Waals surface area (Å²) in [6.45, 7) is 0.433. The summed E-state index contributed by atoms with van der Waals surface area (Å²) in [6.07, 6.45) is 1.60. The van der Waals surface area contributed by atoms with Crippen LogP contribution in [-0.2, 0) is 17.9 Å². The standard InChI is InChI=1S/C25H20Cl2N2O4/c1-32-23-12-17(7-10-22(23)33-15-18-8-9-19(26)13-20(18)27)11-21-24(30)29(25(31)28-21)14-16-5-3-2-4-6-16/h2-13H,14-15H2,1H3,(H,28,31)/b21-11+. The fourth-order valence-electron chi connectivity index (χ4n) is 3.34. The lowest BCUT2D eigenvalue weighted by molar-refractivity contribution is -0.123. The number of carbonyl (C=O) groups is 2. The van der Waals surface area contributed by atoms with E-state index in [1.165, 1.54) is 12.0 Å². The molecular formula is C25H20Cl2N2O4. The number of ether oxygens (including phenoxy) is 2. The number of nitrogens with one attached hydrogen (secondary N) is 1. The molecule has 1 fully saturated rings. The van der Waals surface area contributed by atoms with Gasteiger partial charge in [0.15, 0.2) is 11.5 Å². The van der Waals surface area contributed by atoms with E-state index in [-0.39, 0.29) is 24.8 Å². The summed E-state index contributed by atoms with van der Waals surface area (Å²) in [5.74, 6) is 0.603. The van der Waals surface area contributed by atoms with Crippen LogP contribution in [0.3, 0.4) is 0 Å². The van der Waals surface area contributed by atoms with Crippen molar-refractivity contribution < 1.29 is 19.1 Å². The molecule has 3 aromatic carbocycles. The summed E-state index contributed by atoms with van der Waals surface area (Å²) in [4.78, 5) is 26.3. The zero-order valence-electron chi connectivity index (χ0n) is 17.7. The number of nitrogens with zero attached hydrogens (tertiary/aromatic N) is 1. The van der Waals surface area contributed by atoms with E-state index < -0.39 is 6.03 Å². The Balaban J connectivity index is 1.49. The van der Waals surface area contributed by atoms with Crippen LogP contribution in [0.1, 0.15) is 16.7 Å². The molecule has 1 heterocycles. The SMILES string of the molecule is COc1cc(/C=C2/NC(=O)N(Cc3ccccc3)C2=O)ccc1OCc1ccc(Cl)cc1Cl. The van der Waals surface area contributed by atoms with Crippen molar-refractivity contribution in [3.05, 3.63) is 99.2 Å². The number of hydrogen-bond acceptors (Lipinski definition) is 4. The van der Waals surface area contributed by atoms with Gasteiger partial charge in [0.2, 0.25) is 0 Å². The molecule has 3 amide bonds. The molecule has 33 heavy (non-hydrogen) atoms. The van der Waals surface area contributed by atoms with Crippen LogP contribution in [0.4, 0.5) is 4.79 Å². The Morgan fingerprint density at radius 1 is 0.970 bits per heavy atom. The molecule has 0 radical (unpaired) electrons. The molecule has 8 heteroatoms. The van der Waals surface area contributed by atoms with E-state index in [1.807, 2.05) is 30.3 Å². The minimum atomic E-state index is -0.457. The molecule has 1 aliphatic heterocycles. The van der Waals surface area contributed by atoms with Crippen molar-refractivity contribution in [2.75, 3.05) is 7.11 Å². The van der Waals surface area contributed by atoms with Gasteiger partial charge in [-0.1, -0.05) is 65.7 Å². The normalized spacial score (nSPS) is 14.5. The number of rotatable bonds is 7. The van der Waals surface area contributed by atoms with Crippen molar-refractivity contribution in [1.82, 2.24) is 10.2 Å². The van der Waals surface area contributed by atoms with E-state index in [0.717, 1.165) is 11.1 Å². The second-order valence-electron chi connectivity index (χ2n) is 7.30. The van der Waals surface area contributed by atoms with E-state index in [2.05, 4.69) is 5.32 Å². The molecule has 0 spiro atoms. The highest BCUT2D eigenvalue weighted by Crippen LogP contribution is 2.31. The molecule has 1 aliphatic rings. The van der Waals surface area contributed by atoms with Crippen LogP contribution in [0.2, 0.25) is 10.0 Å². The van der Waals surface area contributed by atoms with Gasteiger partial charge in [0.25, 0.3) is 5.91 Å². The maximum absolute atomic E-state index is 12.8. The Kier molecular flexibility index (Phi) is 6.87. The van der Waals surface area contributed by atoms with Gasteiger partial charge in [0.05, 0.1) is 13.7 Å². The maximum Gasteiger partial charge on any atom is 0.329 e. The molecular weight excluding hydrogens is 463 g/mol. The Morgan fingerprint density at radius 3 is 2.48 bits per heavy atom. The first-order valence-electron chi connectivity index (χ1n) is 10.1. The van der Waals surface area contributed by atoms with E-state index in [0.29, 0.717) is 27.1 Å². The molecule has 4 rings (SSSR count). The monoisotopic (exact) mass is 482 g/mol. The largest absolute Gasteiger partial charge is 0.493 e. The zero-order chi connectivity index (χ0) is 23.4. The van der Waals surface area contributed by atoms with Gasteiger partial charge in [-0.05, 0) is 41.5 Å².